The number of nitrogens with zero attached hydrogens (tertiary/aromatic N) is 4. The number of H-pyrrole nitrogens is 1. The molecule has 0 saturated carbocycles. The van der Waals surface area contributed by atoms with Gasteiger partial charge >= 0.3 is 0 Å². The molecule has 0 atom stereocenters. The van der Waals surface area contributed by atoms with Crippen LogP contribution in [0.1, 0.15) is 5.56 Å². The minimum atomic E-state index is 0.343. The molecule has 0 aliphatic heterocycles. The second-order valence-electron chi connectivity index (χ2n) is 4.93. The molecule has 0 fully saturated rings. The van der Waals surface area contributed by atoms with Crippen LogP contribution in [-0.2, 0) is 0 Å². The predicted molar refractivity (Wildman–Crippen MR) is 94.5 cm³/mol. The summed E-state index contributed by atoms with van der Waals surface area (Å²) in [6.45, 7) is 0. The van der Waals surface area contributed by atoms with Gasteiger partial charge in [0.1, 0.15) is 5.52 Å². The van der Waals surface area contributed by atoms with E-state index >= 15 is 0 Å². The van der Waals surface area contributed by atoms with Gasteiger partial charge in [-0.1, -0.05) is 46.3 Å². The Morgan fingerprint density at radius 3 is 2.83 bits per heavy atom. The molecule has 4 aromatic rings. The minimum absolute atomic E-state index is 0.343. The molecular weight excluding hydrogens is 356 g/mol. The molecule has 112 valence electrons. The molecule has 23 heavy (non-hydrogen) atoms. The molecule has 6 nitrogen and oxygen atoms in total. The molecule has 2 aromatic heterocycles. The largest absolute Gasteiger partial charge is 0.338 e. The molecule has 4 rings (SSSR count). The first-order valence-corrected chi connectivity index (χ1v) is 7.75. The van der Waals surface area contributed by atoms with Crippen LogP contribution in [0.15, 0.2) is 58.1 Å². The summed E-state index contributed by atoms with van der Waals surface area (Å²) >= 11 is 3.46. The number of hydrogen-bond acceptors (Lipinski definition) is 5. The maximum atomic E-state index is 4.40. The average Bonchev–Trinajstić information content (AvgIpc) is 2.93. The Balaban J connectivity index is 1.64. The van der Waals surface area contributed by atoms with E-state index in [1.54, 1.807) is 6.21 Å². The zero-order valence-electron chi connectivity index (χ0n) is 11.9. The van der Waals surface area contributed by atoms with Crippen molar-refractivity contribution in [2.45, 2.75) is 0 Å². The van der Waals surface area contributed by atoms with Gasteiger partial charge in [-0.3, -0.25) is 0 Å². The number of hydrazone groups is 1. The molecule has 7 heteroatoms. The number of rotatable bonds is 3. The third-order valence-electron chi connectivity index (χ3n) is 3.35. The number of anilines is 1. The Labute approximate surface area is 139 Å². The maximum Gasteiger partial charge on any atom is 0.265 e. The second kappa shape index (κ2) is 5.77. The van der Waals surface area contributed by atoms with Gasteiger partial charge in [0.05, 0.1) is 6.21 Å². The molecule has 0 amide bonds. The number of aromatic nitrogens is 4. The Bertz CT molecular complexity index is 1010. The standard InChI is InChI=1S/C16H11BrN6/c17-11-6-7-13-12(8-11)14-15(19-13)20-16(23-21-14)22-18-9-10-4-2-1-3-5-10/h1-9H,(H2,19,20,22,23). The lowest BCUT2D eigenvalue weighted by molar-refractivity contribution is 1.01. The lowest BCUT2D eigenvalue weighted by atomic mass is 10.2. The van der Waals surface area contributed by atoms with Gasteiger partial charge in [0.2, 0.25) is 0 Å². The molecule has 0 saturated heterocycles. The van der Waals surface area contributed by atoms with Crippen LogP contribution in [0, 0.1) is 0 Å². The maximum absolute atomic E-state index is 4.40. The second-order valence-corrected chi connectivity index (χ2v) is 5.84. The molecule has 0 spiro atoms. The van der Waals surface area contributed by atoms with Crippen molar-refractivity contribution in [1.82, 2.24) is 20.2 Å². The summed E-state index contributed by atoms with van der Waals surface area (Å²) in [6.07, 6.45) is 1.70. The number of halogens is 1. The molecular formula is C16H11BrN6. The first-order valence-electron chi connectivity index (χ1n) is 6.95. The van der Waals surface area contributed by atoms with Gasteiger partial charge in [0, 0.05) is 15.4 Å². The summed E-state index contributed by atoms with van der Waals surface area (Å²) < 4.78 is 0.988. The van der Waals surface area contributed by atoms with Gasteiger partial charge in [-0.2, -0.15) is 10.1 Å². The van der Waals surface area contributed by atoms with Crippen LogP contribution in [0.4, 0.5) is 5.95 Å². The monoisotopic (exact) mass is 366 g/mol. The molecule has 0 radical (unpaired) electrons. The highest BCUT2D eigenvalue weighted by Gasteiger charge is 2.09. The molecule has 0 unspecified atom stereocenters. The van der Waals surface area contributed by atoms with E-state index in [0.717, 1.165) is 26.5 Å². The summed E-state index contributed by atoms with van der Waals surface area (Å²) in [5.41, 5.74) is 6.16. The van der Waals surface area contributed by atoms with Gasteiger partial charge in [-0.25, -0.2) is 5.43 Å². The lowest BCUT2D eigenvalue weighted by Crippen LogP contribution is -1.98. The number of hydrogen-bond donors (Lipinski definition) is 2. The van der Waals surface area contributed by atoms with Crippen molar-refractivity contribution in [3.63, 3.8) is 0 Å². The van der Waals surface area contributed by atoms with Crippen LogP contribution in [0.2, 0.25) is 0 Å². The SMILES string of the molecule is Brc1ccc2[nH]c3nc(NN=Cc4ccccc4)nnc3c2c1. The highest BCUT2D eigenvalue weighted by molar-refractivity contribution is 9.10. The Hall–Kier alpha value is -2.80. The normalized spacial score (nSPS) is 11.5. The van der Waals surface area contributed by atoms with Crippen LogP contribution < -0.4 is 5.43 Å². The molecule has 0 aliphatic rings. The summed E-state index contributed by atoms with van der Waals surface area (Å²) in [5, 5.41) is 13.4. The van der Waals surface area contributed by atoms with Crippen LogP contribution in [0.25, 0.3) is 22.1 Å². The fourth-order valence-corrected chi connectivity index (χ4v) is 2.66. The number of benzene rings is 2. The average molecular weight is 367 g/mol. The summed E-state index contributed by atoms with van der Waals surface area (Å²) in [6, 6.07) is 15.7. The summed E-state index contributed by atoms with van der Waals surface area (Å²) in [7, 11) is 0. The topological polar surface area (TPSA) is 78.9 Å². The first-order chi connectivity index (χ1) is 11.3. The van der Waals surface area contributed by atoms with E-state index in [2.05, 4.69) is 46.6 Å². The van der Waals surface area contributed by atoms with Crippen LogP contribution in [0.5, 0.6) is 0 Å². The number of fused-ring (bicyclic) bond motifs is 3. The van der Waals surface area contributed by atoms with E-state index in [-0.39, 0.29) is 0 Å². The smallest absolute Gasteiger partial charge is 0.265 e. The molecule has 2 aromatic carbocycles. The van der Waals surface area contributed by atoms with Crippen LogP contribution >= 0.6 is 15.9 Å². The van der Waals surface area contributed by atoms with Crippen molar-refractivity contribution >= 4 is 50.2 Å². The van der Waals surface area contributed by atoms with Gasteiger partial charge in [0.25, 0.3) is 5.95 Å². The third-order valence-corrected chi connectivity index (χ3v) is 3.85. The molecule has 2 heterocycles. The number of aromatic amines is 1. The van der Waals surface area contributed by atoms with Crippen LogP contribution in [-0.4, -0.2) is 26.4 Å². The minimum Gasteiger partial charge on any atom is -0.338 e. The van der Waals surface area contributed by atoms with Crippen molar-refractivity contribution in [2.24, 2.45) is 5.10 Å². The molecule has 2 N–H and O–H groups in total. The van der Waals surface area contributed by atoms with E-state index in [0.29, 0.717) is 11.6 Å². The fraction of sp³-hybridized carbons (Fsp3) is 0. The van der Waals surface area contributed by atoms with Gasteiger partial charge in [-0.15, -0.1) is 10.2 Å². The van der Waals surface area contributed by atoms with Crippen molar-refractivity contribution in [3.05, 3.63) is 58.6 Å². The van der Waals surface area contributed by atoms with Crippen molar-refractivity contribution in [2.75, 3.05) is 5.43 Å². The fourth-order valence-electron chi connectivity index (χ4n) is 2.29. The Morgan fingerprint density at radius 2 is 1.96 bits per heavy atom. The van der Waals surface area contributed by atoms with E-state index in [1.807, 2.05) is 48.5 Å². The lowest BCUT2D eigenvalue weighted by Gasteiger charge is -1.97. The highest BCUT2D eigenvalue weighted by Crippen LogP contribution is 2.25. The van der Waals surface area contributed by atoms with E-state index < -0.39 is 0 Å². The van der Waals surface area contributed by atoms with E-state index in [9.17, 15) is 0 Å². The van der Waals surface area contributed by atoms with E-state index in [4.69, 9.17) is 0 Å². The van der Waals surface area contributed by atoms with Crippen molar-refractivity contribution < 1.29 is 0 Å². The third kappa shape index (κ3) is 2.78. The zero-order chi connectivity index (χ0) is 15.6. The first kappa shape index (κ1) is 13.8. The summed E-state index contributed by atoms with van der Waals surface area (Å²) in [4.78, 5) is 7.63. The Morgan fingerprint density at radius 1 is 1.09 bits per heavy atom. The summed E-state index contributed by atoms with van der Waals surface area (Å²) in [5.74, 6) is 0.343. The van der Waals surface area contributed by atoms with Gasteiger partial charge in [0.15, 0.2) is 5.65 Å². The zero-order valence-corrected chi connectivity index (χ0v) is 13.4. The predicted octanol–water partition coefficient (Wildman–Crippen LogP) is 3.71. The molecule has 0 aliphatic carbocycles. The highest BCUT2D eigenvalue weighted by atomic mass is 79.9. The molecule has 0 bridgehead atoms. The van der Waals surface area contributed by atoms with E-state index in [1.165, 1.54) is 0 Å². The number of nitrogens with one attached hydrogen (secondary N) is 2. The quantitative estimate of drug-likeness (QED) is 0.427. The van der Waals surface area contributed by atoms with Crippen LogP contribution in [0.3, 0.4) is 0 Å². The van der Waals surface area contributed by atoms with Gasteiger partial charge in [-0.05, 0) is 23.8 Å². The Kier molecular flexibility index (Phi) is 3.47. The van der Waals surface area contributed by atoms with Gasteiger partial charge < -0.3 is 4.98 Å². The van der Waals surface area contributed by atoms with Crippen molar-refractivity contribution in [1.29, 1.82) is 0 Å². The van der Waals surface area contributed by atoms with Crippen molar-refractivity contribution in [3.8, 4) is 0 Å².